The molecule has 2 rings (SSSR count). The second-order valence-electron chi connectivity index (χ2n) is 4.68. The molecule has 2 aromatic rings. The van der Waals surface area contributed by atoms with Crippen LogP contribution >= 0.6 is 67.8 Å². The number of phenols is 1. The van der Waals surface area contributed by atoms with Gasteiger partial charge in [-0.2, -0.15) is 0 Å². The number of alkyl halides is 1. The van der Waals surface area contributed by atoms with Gasteiger partial charge in [0.25, 0.3) is 0 Å². The average molecular weight is 651 g/mol. The number of carboxylic acid groups (broad SMARTS) is 1. The Morgan fingerprint density at radius 1 is 1.13 bits per heavy atom. The second-order valence-corrected chi connectivity index (χ2v) is 8.34. The third-order valence-electron chi connectivity index (χ3n) is 3.00. The van der Waals surface area contributed by atoms with E-state index in [0.717, 1.165) is 12.7 Å². The Morgan fingerprint density at radius 3 is 2.13 bits per heavy atom. The van der Waals surface area contributed by atoms with Crippen LogP contribution in [0.1, 0.15) is 9.49 Å². The van der Waals surface area contributed by atoms with Crippen molar-refractivity contribution in [1.82, 2.24) is 0 Å². The number of phenolic OH excluding ortho intramolecular Hbond substituents is 1. The summed E-state index contributed by atoms with van der Waals surface area (Å²) in [6.07, 6.45) is 0. The largest absolute Gasteiger partial charge is 0.508 e. The molecule has 0 aromatic heterocycles. The van der Waals surface area contributed by atoms with Crippen LogP contribution in [0.5, 0.6) is 17.2 Å². The lowest BCUT2D eigenvalue weighted by molar-refractivity contribution is -0.138. The molecule has 2 aromatic carbocycles. The van der Waals surface area contributed by atoms with Gasteiger partial charge in [-0.3, -0.25) is 4.79 Å². The fourth-order valence-electron chi connectivity index (χ4n) is 1.81. The fraction of sp³-hybridized carbons (Fsp3) is 0.133. The average Bonchev–Trinajstić information content (AvgIpc) is 2.50. The Kier molecular flexibility index (Phi) is 6.74. The molecule has 0 aliphatic rings. The van der Waals surface area contributed by atoms with Gasteiger partial charge < -0.3 is 20.7 Å². The van der Waals surface area contributed by atoms with Gasteiger partial charge in [0.2, 0.25) is 0 Å². The Bertz CT molecular complexity index is 698. The topological polar surface area (TPSA) is 92.8 Å². The summed E-state index contributed by atoms with van der Waals surface area (Å²) in [5.41, 5.74) is 6.47. The monoisotopic (exact) mass is 651 g/mol. The third-order valence-corrected chi connectivity index (χ3v) is 6.10. The summed E-state index contributed by atoms with van der Waals surface area (Å²) in [4.78, 5) is 10.9. The maximum absolute atomic E-state index is 10.9. The molecule has 122 valence electrons. The molecule has 0 spiro atoms. The zero-order valence-corrected chi connectivity index (χ0v) is 18.0. The molecule has 4 N–H and O–H groups in total. The number of ether oxygens (including phenoxy) is 1. The first-order valence-electron chi connectivity index (χ1n) is 6.38. The molecule has 0 heterocycles. The normalized spacial score (nSPS) is 13.4. The Labute approximate surface area is 174 Å². The molecular formula is C15H12I3NO4. The van der Waals surface area contributed by atoms with Crippen LogP contribution in [0.15, 0.2) is 36.4 Å². The number of carbonyl (C=O) groups is 1. The van der Waals surface area contributed by atoms with E-state index >= 15 is 0 Å². The van der Waals surface area contributed by atoms with Crippen molar-refractivity contribution >= 4 is 73.7 Å². The minimum absolute atomic E-state index is 0.192. The van der Waals surface area contributed by atoms with E-state index in [1.54, 1.807) is 36.4 Å². The van der Waals surface area contributed by atoms with Gasteiger partial charge in [-0.15, -0.1) is 0 Å². The number of carboxylic acids is 1. The number of aliphatic carboxylic acids is 1. The van der Waals surface area contributed by atoms with Crippen molar-refractivity contribution in [2.24, 2.45) is 5.73 Å². The van der Waals surface area contributed by atoms with Gasteiger partial charge in [-0.05, 0) is 75.0 Å². The summed E-state index contributed by atoms with van der Waals surface area (Å²) < 4.78 is 7.14. The van der Waals surface area contributed by atoms with Gasteiger partial charge in [-0.1, -0.05) is 34.7 Å². The zero-order valence-electron chi connectivity index (χ0n) is 11.5. The van der Waals surface area contributed by atoms with Gasteiger partial charge in [-0.25, -0.2) is 0 Å². The van der Waals surface area contributed by atoms with Crippen LogP contribution in [0.2, 0.25) is 0 Å². The fourth-order valence-corrected chi connectivity index (χ4v) is 4.49. The lowest BCUT2D eigenvalue weighted by Gasteiger charge is -2.15. The first kappa shape index (κ1) is 19.0. The highest BCUT2D eigenvalue weighted by atomic mass is 127. The summed E-state index contributed by atoms with van der Waals surface area (Å²) in [6.45, 7) is 0. The summed E-state index contributed by atoms with van der Waals surface area (Å²) in [5.74, 6) is 0.461. The van der Waals surface area contributed by atoms with Crippen molar-refractivity contribution in [3.8, 4) is 17.2 Å². The molecule has 0 aliphatic carbocycles. The number of benzene rings is 2. The summed E-state index contributed by atoms with van der Waals surface area (Å²) in [6, 6.07) is 9.44. The van der Waals surface area contributed by atoms with Crippen LogP contribution in [-0.2, 0) is 4.79 Å². The Balaban J connectivity index is 2.19. The lowest BCUT2D eigenvalue weighted by Crippen LogP contribution is -2.33. The second kappa shape index (κ2) is 8.16. The van der Waals surface area contributed by atoms with E-state index in [4.69, 9.17) is 15.6 Å². The molecule has 0 saturated carbocycles. The molecule has 0 fully saturated rings. The molecule has 0 unspecified atom stereocenters. The number of hydrogen-bond acceptors (Lipinski definition) is 4. The van der Waals surface area contributed by atoms with Crippen LogP contribution < -0.4 is 10.5 Å². The SMILES string of the molecule is N[C@H](C(=O)O)[C@@H](I)c1ccc(Oc2c(I)cc(O)cc2I)cc1. The zero-order chi connectivity index (χ0) is 17.1. The first-order chi connectivity index (χ1) is 10.8. The molecule has 2 atom stereocenters. The summed E-state index contributed by atoms with van der Waals surface area (Å²) in [7, 11) is 0. The van der Waals surface area contributed by atoms with Crippen molar-refractivity contribution in [2.75, 3.05) is 0 Å². The third kappa shape index (κ3) is 4.82. The molecule has 8 heteroatoms. The van der Waals surface area contributed by atoms with Gasteiger partial charge in [0.05, 0.1) is 11.1 Å². The molecule has 5 nitrogen and oxygen atoms in total. The minimum atomic E-state index is -1.03. The van der Waals surface area contributed by atoms with Crippen molar-refractivity contribution in [3.63, 3.8) is 0 Å². The highest BCUT2D eigenvalue weighted by molar-refractivity contribution is 14.1. The highest BCUT2D eigenvalue weighted by Gasteiger charge is 2.23. The van der Waals surface area contributed by atoms with Crippen LogP contribution in [0.3, 0.4) is 0 Å². The van der Waals surface area contributed by atoms with E-state index in [0.29, 0.717) is 11.5 Å². The maximum Gasteiger partial charge on any atom is 0.321 e. The van der Waals surface area contributed by atoms with Crippen LogP contribution in [-0.4, -0.2) is 22.2 Å². The Morgan fingerprint density at radius 2 is 1.65 bits per heavy atom. The smallest absolute Gasteiger partial charge is 0.321 e. The minimum Gasteiger partial charge on any atom is -0.508 e. The van der Waals surface area contributed by atoms with Gasteiger partial charge in [0, 0.05) is 0 Å². The number of rotatable bonds is 5. The number of aromatic hydroxyl groups is 1. The van der Waals surface area contributed by atoms with Crippen molar-refractivity contribution in [2.45, 2.75) is 9.97 Å². The van der Waals surface area contributed by atoms with E-state index in [9.17, 15) is 9.90 Å². The number of hydrogen-bond donors (Lipinski definition) is 3. The standard InChI is InChI=1S/C15H12I3NO4/c16-10-5-8(20)6-11(17)14(10)23-9-3-1-7(2-4-9)12(18)13(19)15(21)22/h1-6,12-13,20H,19H2,(H,21,22)/t12-,13-/m0/s1. The molecule has 0 aliphatic heterocycles. The maximum atomic E-state index is 10.9. The Hall–Kier alpha value is -0.340. The predicted octanol–water partition coefficient (Wildman–Crippen LogP) is 4.28. The molecule has 0 radical (unpaired) electrons. The summed E-state index contributed by atoms with van der Waals surface area (Å²) in [5, 5.41) is 18.5. The van der Waals surface area contributed by atoms with Gasteiger partial charge >= 0.3 is 5.97 Å². The molecule has 0 amide bonds. The quantitative estimate of drug-likeness (QED) is 0.332. The molecule has 0 saturated heterocycles. The predicted molar refractivity (Wildman–Crippen MR) is 112 cm³/mol. The number of halogens is 3. The molecular weight excluding hydrogens is 639 g/mol. The van der Waals surface area contributed by atoms with Crippen molar-refractivity contribution in [1.29, 1.82) is 0 Å². The van der Waals surface area contributed by atoms with E-state index in [2.05, 4.69) is 45.2 Å². The lowest BCUT2D eigenvalue weighted by atomic mass is 10.1. The summed E-state index contributed by atoms with van der Waals surface area (Å²) >= 11 is 6.22. The van der Waals surface area contributed by atoms with Crippen LogP contribution in [0.25, 0.3) is 0 Å². The highest BCUT2D eigenvalue weighted by Crippen LogP contribution is 2.35. The van der Waals surface area contributed by atoms with E-state index in [-0.39, 0.29) is 9.67 Å². The first-order valence-corrected chi connectivity index (χ1v) is 9.78. The van der Waals surface area contributed by atoms with Crippen LogP contribution in [0, 0.1) is 7.14 Å². The van der Waals surface area contributed by atoms with E-state index in [1.165, 1.54) is 0 Å². The number of nitrogens with two attached hydrogens (primary N) is 1. The van der Waals surface area contributed by atoms with Gasteiger partial charge in [0.1, 0.15) is 17.5 Å². The van der Waals surface area contributed by atoms with Crippen molar-refractivity contribution < 1.29 is 19.7 Å². The van der Waals surface area contributed by atoms with E-state index < -0.39 is 12.0 Å². The van der Waals surface area contributed by atoms with Crippen molar-refractivity contribution in [3.05, 3.63) is 49.1 Å². The van der Waals surface area contributed by atoms with Crippen LogP contribution in [0.4, 0.5) is 0 Å². The molecule has 23 heavy (non-hydrogen) atoms. The van der Waals surface area contributed by atoms with Gasteiger partial charge in [0.15, 0.2) is 5.75 Å². The van der Waals surface area contributed by atoms with E-state index in [1.807, 2.05) is 22.6 Å². The molecule has 0 bridgehead atoms.